The second-order valence-corrected chi connectivity index (χ2v) is 5.94. The molecule has 0 spiro atoms. The van der Waals surface area contributed by atoms with Crippen LogP contribution in [0.1, 0.15) is 28.9 Å². The molecule has 5 heteroatoms. The molecule has 0 radical (unpaired) electrons. The first-order chi connectivity index (χ1) is 11.1. The number of H-pyrrole nitrogens is 1. The fraction of sp³-hybridized carbons (Fsp3) is 0.167. The van der Waals surface area contributed by atoms with E-state index in [4.69, 9.17) is 11.6 Å². The minimum Gasteiger partial charge on any atom is -0.386 e. The maximum atomic E-state index is 12.5. The van der Waals surface area contributed by atoms with Gasteiger partial charge in [0.05, 0.1) is 12.1 Å². The molecule has 2 aromatic carbocycles. The van der Waals surface area contributed by atoms with E-state index in [1.54, 1.807) is 43.5 Å². The van der Waals surface area contributed by atoms with Gasteiger partial charge < -0.3 is 15.4 Å². The van der Waals surface area contributed by atoms with Crippen LogP contribution in [0.25, 0.3) is 10.9 Å². The molecule has 1 aromatic heterocycles. The molecular weight excluding hydrogens is 312 g/mol. The topological polar surface area (TPSA) is 65.1 Å². The van der Waals surface area contributed by atoms with Crippen LogP contribution in [-0.4, -0.2) is 22.0 Å². The molecule has 23 heavy (non-hydrogen) atoms. The molecule has 2 unspecified atom stereocenters. The average Bonchev–Trinajstić information content (AvgIpc) is 3.03. The number of fused-ring (bicyclic) bond motifs is 1. The number of amides is 1. The van der Waals surface area contributed by atoms with Crippen molar-refractivity contribution in [3.05, 3.63) is 70.9 Å². The van der Waals surface area contributed by atoms with E-state index in [1.165, 1.54) is 0 Å². The molecule has 3 aromatic rings. The number of aromatic nitrogens is 1. The first-order valence-electron chi connectivity index (χ1n) is 7.37. The first-order valence-corrected chi connectivity index (χ1v) is 7.74. The molecule has 0 aliphatic carbocycles. The quantitative estimate of drug-likeness (QED) is 0.684. The number of aliphatic hydroxyl groups is 1. The second-order valence-electron chi connectivity index (χ2n) is 5.50. The Balaban J connectivity index is 1.76. The Kier molecular flexibility index (Phi) is 4.37. The highest BCUT2D eigenvalue weighted by atomic mass is 35.5. The normalized spacial score (nSPS) is 13.7. The SMILES string of the molecule is CC(NC(=O)c1cccc2[nH]ccc12)C(O)c1ccc(Cl)cc1. The van der Waals surface area contributed by atoms with E-state index in [9.17, 15) is 9.90 Å². The lowest BCUT2D eigenvalue weighted by molar-refractivity contribution is 0.0853. The van der Waals surface area contributed by atoms with Gasteiger partial charge in [0.1, 0.15) is 0 Å². The van der Waals surface area contributed by atoms with Crippen molar-refractivity contribution in [3.8, 4) is 0 Å². The summed E-state index contributed by atoms with van der Waals surface area (Å²) >= 11 is 5.85. The van der Waals surface area contributed by atoms with Crippen molar-refractivity contribution in [1.82, 2.24) is 10.3 Å². The predicted octanol–water partition coefficient (Wildman–Crippen LogP) is 3.67. The number of rotatable bonds is 4. The smallest absolute Gasteiger partial charge is 0.252 e. The fourth-order valence-electron chi connectivity index (χ4n) is 2.60. The lowest BCUT2D eigenvalue weighted by Crippen LogP contribution is -2.37. The average molecular weight is 329 g/mol. The molecule has 1 amide bonds. The van der Waals surface area contributed by atoms with E-state index in [1.807, 2.05) is 18.2 Å². The van der Waals surface area contributed by atoms with Gasteiger partial charge in [-0.1, -0.05) is 29.8 Å². The summed E-state index contributed by atoms with van der Waals surface area (Å²) in [5.41, 5.74) is 2.20. The molecule has 0 aliphatic heterocycles. The third kappa shape index (κ3) is 3.23. The third-order valence-corrected chi connectivity index (χ3v) is 4.14. The van der Waals surface area contributed by atoms with E-state index in [0.29, 0.717) is 16.1 Å². The van der Waals surface area contributed by atoms with Crippen molar-refractivity contribution in [2.24, 2.45) is 0 Å². The summed E-state index contributed by atoms with van der Waals surface area (Å²) < 4.78 is 0. The summed E-state index contributed by atoms with van der Waals surface area (Å²) in [6.07, 6.45) is 0.995. The van der Waals surface area contributed by atoms with Crippen LogP contribution in [0, 0.1) is 0 Å². The number of carbonyl (C=O) groups is 1. The minimum atomic E-state index is -0.804. The van der Waals surface area contributed by atoms with Crippen molar-refractivity contribution in [2.45, 2.75) is 19.1 Å². The number of carbonyl (C=O) groups excluding carboxylic acids is 1. The van der Waals surface area contributed by atoms with Crippen LogP contribution in [0.15, 0.2) is 54.7 Å². The van der Waals surface area contributed by atoms with Crippen LogP contribution in [-0.2, 0) is 0 Å². The van der Waals surface area contributed by atoms with Gasteiger partial charge in [-0.15, -0.1) is 0 Å². The summed E-state index contributed by atoms with van der Waals surface area (Å²) in [6, 6.07) is 13.9. The Hall–Kier alpha value is -2.30. The lowest BCUT2D eigenvalue weighted by Gasteiger charge is -2.21. The molecule has 0 saturated heterocycles. The van der Waals surface area contributed by atoms with E-state index in [2.05, 4.69) is 10.3 Å². The van der Waals surface area contributed by atoms with Crippen molar-refractivity contribution >= 4 is 28.4 Å². The van der Waals surface area contributed by atoms with Gasteiger partial charge in [-0.05, 0) is 42.8 Å². The minimum absolute atomic E-state index is 0.212. The van der Waals surface area contributed by atoms with Gasteiger partial charge in [0.2, 0.25) is 0 Å². The Bertz CT molecular complexity index is 826. The molecule has 0 saturated carbocycles. The van der Waals surface area contributed by atoms with Gasteiger partial charge in [0.15, 0.2) is 0 Å². The van der Waals surface area contributed by atoms with Gasteiger partial charge in [-0.2, -0.15) is 0 Å². The monoisotopic (exact) mass is 328 g/mol. The number of benzene rings is 2. The number of nitrogens with one attached hydrogen (secondary N) is 2. The Morgan fingerprint density at radius 2 is 1.91 bits per heavy atom. The molecular formula is C18H17ClN2O2. The summed E-state index contributed by atoms with van der Waals surface area (Å²) in [4.78, 5) is 15.6. The third-order valence-electron chi connectivity index (χ3n) is 3.88. The molecule has 4 nitrogen and oxygen atoms in total. The second kappa shape index (κ2) is 6.44. The van der Waals surface area contributed by atoms with Crippen LogP contribution in [0.4, 0.5) is 0 Å². The number of halogens is 1. The Labute approximate surface area is 139 Å². The van der Waals surface area contributed by atoms with Crippen molar-refractivity contribution in [3.63, 3.8) is 0 Å². The maximum Gasteiger partial charge on any atom is 0.252 e. The van der Waals surface area contributed by atoms with Gasteiger partial charge in [0, 0.05) is 27.7 Å². The molecule has 0 bridgehead atoms. The zero-order valence-corrected chi connectivity index (χ0v) is 13.3. The number of hydrogen-bond donors (Lipinski definition) is 3. The standard InChI is InChI=1S/C18H17ClN2O2/c1-11(17(22)12-5-7-13(19)8-6-12)21-18(23)15-3-2-4-16-14(15)9-10-20-16/h2-11,17,20,22H,1H3,(H,21,23). The zero-order chi connectivity index (χ0) is 16.4. The number of hydrogen-bond acceptors (Lipinski definition) is 2. The summed E-state index contributed by atoms with van der Waals surface area (Å²) in [5.74, 6) is -0.212. The molecule has 3 rings (SSSR count). The van der Waals surface area contributed by atoms with Crippen molar-refractivity contribution in [1.29, 1.82) is 0 Å². The highest BCUT2D eigenvalue weighted by Gasteiger charge is 2.20. The van der Waals surface area contributed by atoms with Crippen LogP contribution in [0.3, 0.4) is 0 Å². The van der Waals surface area contributed by atoms with E-state index < -0.39 is 12.1 Å². The fourth-order valence-corrected chi connectivity index (χ4v) is 2.72. The first kappa shape index (κ1) is 15.6. The lowest BCUT2D eigenvalue weighted by atomic mass is 10.0. The van der Waals surface area contributed by atoms with Gasteiger partial charge in [-0.25, -0.2) is 0 Å². The molecule has 2 atom stereocenters. The van der Waals surface area contributed by atoms with Crippen molar-refractivity contribution in [2.75, 3.05) is 0 Å². The van der Waals surface area contributed by atoms with Crippen LogP contribution in [0.5, 0.6) is 0 Å². The van der Waals surface area contributed by atoms with Crippen LogP contribution in [0.2, 0.25) is 5.02 Å². The van der Waals surface area contributed by atoms with E-state index in [0.717, 1.165) is 10.9 Å². The molecule has 118 valence electrons. The maximum absolute atomic E-state index is 12.5. The van der Waals surface area contributed by atoms with E-state index >= 15 is 0 Å². The summed E-state index contributed by atoms with van der Waals surface area (Å²) in [6.45, 7) is 1.77. The Morgan fingerprint density at radius 1 is 1.17 bits per heavy atom. The zero-order valence-electron chi connectivity index (χ0n) is 12.6. The molecule has 1 heterocycles. The van der Waals surface area contributed by atoms with Gasteiger partial charge >= 0.3 is 0 Å². The van der Waals surface area contributed by atoms with Gasteiger partial charge in [0.25, 0.3) is 5.91 Å². The molecule has 0 fully saturated rings. The number of aliphatic hydroxyl groups excluding tert-OH is 1. The predicted molar refractivity (Wildman–Crippen MR) is 91.6 cm³/mol. The molecule has 0 aliphatic rings. The Morgan fingerprint density at radius 3 is 2.65 bits per heavy atom. The highest BCUT2D eigenvalue weighted by Crippen LogP contribution is 2.21. The largest absolute Gasteiger partial charge is 0.386 e. The summed E-state index contributed by atoms with van der Waals surface area (Å²) in [7, 11) is 0. The van der Waals surface area contributed by atoms with E-state index in [-0.39, 0.29) is 5.91 Å². The number of aromatic amines is 1. The molecule has 3 N–H and O–H groups in total. The summed E-state index contributed by atoms with van der Waals surface area (Å²) in [5, 5.41) is 14.7. The highest BCUT2D eigenvalue weighted by molar-refractivity contribution is 6.30. The van der Waals surface area contributed by atoms with Crippen LogP contribution >= 0.6 is 11.6 Å². The van der Waals surface area contributed by atoms with Crippen LogP contribution < -0.4 is 5.32 Å². The van der Waals surface area contributed by atoms with Gasteiger partial charge in [-0.3, -0.25) is 4.79 Å². The van der Waals surface area contributed by atoms with Crippen molar-refractivity contribution < 1.29 is 9.90 Å².